The van der Waals surface area contributed by atoms with Crippen molar-refractivity contribution in [1.82, 2.24) is 9.97 Å². The van der Waals surface area contributed by atoms with E-state index in [9.17, 15) is 0 Å². The molecular formula is C10H19N5. The normalized spacial score (nSPS) is 11.3. The lowest BCUT2D eigenvalue weighted by atomic mass is 10.0. The summed E-state index contributed by atoms with van der Waals surface area (Å²) in [7, 11) is 2.02. The number of anilines is 2. The summed E-state index contributed by atoms with van der Waals surface area (Å²) in [5.41, 5.74) is 2.58. The molecule has 1 aromatic heterocycles. The zero-order valence-electron chi connectivity index (χ0n) is 9.78. The van der Waals surface area contributed by atoms with Crippen LogP contribution in [0, 0.1) is 0 Å². The van der Waals surface area contributed by atoms with Gasteiger partial charge in [-0.3, -0.25) is 0 Å². The number of nitrogens with zero attached hydrogens (tertiary/aromatic N) is 3. The molecule has 5 heteroatoms. The van der Waals surface area contributed by atoms with Crippen LogP contribution in [-0.2, 0) is 0 Å². The smallest absolute Gasteiger partial charge is 0.145 e. The molecule has 0 amide bonds. The average molecular weight is 209 g/mol. The quantitative estimate of drug-likeness (QED) is 0.579. The molecule has 0 aliphatic rings. The molecule has 15 heavy (non-hydrogen) atoms. The van der Waals surface area contributed by atoms with E-state index in [-0.39, 0.29) is 5.54 Å². The minimum Gasteiger partial charge on any atom is -0.354 e. The van der Waals surface area contributed by atoms with Crippen molar-refractivity contribution in [3.8, 4) is 0 Å². The number of nitrogens with one attached hydrogen (secondary N) is 1. The van der Waals surface area contributed by atoms with Gasteiger partial charge in [-0.05, 0) is 20.3 Å². The molecule has 3 N–H and O–H groups in total. The van der Waals surface area contributed by atoms with Crippen molar-refractivity contribution in [2.75, 3.05) is 17.4 Å². The van der Waals surface area contributed by atoms with E-state index in [1.54, 1.807) is 0 Å². The Morgan fingerprint density at radius 2 is 2.13 bits per heavy atom. The van der Waals surface area contributed by atoms with Crippen molar-refractivity contribution >= 4 is 11.6 Å². The predicted octanol–water partition coefficient (Wildman–Crippen LogP) is 1.39. The van der Waals surface area contributed by atoms with Crippen LogP contribution in [0.2, 0.25) is 0 Å². The van der Waals surface area contributed by atoms with Crippen LogP contribution in [0.5, 0.6) is 0 Å². The van der Waals surface area contributed by atoms with Crippen LogP contribution < -0.4 is 16.2 Å². The van der Waals surface area contributed by atoms with E-state index >= 15 is 0 Å². The summed E-state index contributed by atoms with van der Waals surface area (Å²) in [5.74, 6) is 6.79. The molecule has 0 unspecified atom stereocenters. The van der Waals surface area contributed by atoms with E-state index in [0.717, 1.165) is 12.2 Å². The molecule has 0 aromatic carbocycles. The number of rotatable bonds is 4. The molecule has 1 rings (SSSR count). The summed E-state index contributed by atoms with van der Waals surface area (Å²) in [6.07, 6.45) is 2.55. The second-order valence-corrected chi connectivity index (χ2v) is 4.13. The second kappa shape index (κ2) is 4.44. The van der Waals surface area contributed by atoms with Crippen molar-refractivity contribution in [2.24, 2.45) is 5.84 Å². The fourth-order valence-electron chi connectivity index (χ4n) is 1.16. The average Bonchev–Trinajstić information content (AvgIpc) is 2.28. The van der Waals surface area contributed by atoms with Crippen molar-refractivity contribution in [1.29, 1.82) is 0 Å². The van der Waals surface area contributed by atoms with Gasteiger partial charge in [0.2, 0.25) is 0 Å². The van der Waals surface area contributed by atoms with Crippen LogP contribution in [0.1, 0.15) is 27.2 Å². The first-order valence-corrected chi connectivity index (χ1v) is 5.03. The summed E-state index contributed by atoms with van der Waals surface area (Å²) in [6, 6.07) is 1.83. The molecule has 0 saturated carbocycles. The third kappa shape index (κ3) is 2.56. The lowest BCUT2D eigenvalue weighted by Crippen LogP contribution is -2.41. The molecule has 0 aliphatic carbocycles. The molecule has 5 nitrogen and oxygen atoms in total. The third-order valence-electron chi connectivity index (χ3n) is 2.92. The summed E-state index contributed by atoms with van der Waals surface area (Å²) in [4.78, 5) is 10.3. The van der Waals surface area contributed by atoms with E-state index in [2.05, 4.69) is 41.1 Å². The van der Waals surface area contributed by atoms with Gasteiger partial charge >= 0.3 is 0 Å². The molecule has 1 heterocycles. The van der Waals surface area contributed by atoms with Gasteiger partial charge in [0.25, 0.3) is 0 Å². The summed E-state index contributed by atoms with van der Waals surface area (Å²) < 4.78 is 0. The maximum Gasteiger partial charge on any atom is 0.145 e. The molecule has 0 fully saturated rings. The highest BCUT2D eigenvalue weighted by atomic mass is 15.3. The van der Waals surface area contributed by atoms with Gasteiger partial charge in [0.05, 0.1) is 0 Å². The zero-order valence-corrected chi connectivity index (χ0v) is 9.78. The van der Waals surface area contributed by atoms with Crippen molar-refractivity contribution in [2.45, 2.75) is 32.7 Å². The second-order valence-electron chi connectivity index (χ2n) is 4.13. The van der Waals surface area contributed by atoms with E-state index in [4.69, 9.17) is 5.84 Å². The van der Waals surface area contributed by atoms with Crippen LogP contribution in [0.25, 0.3) is 0 Å². The first kappa shape index (κ1) is 11.7. The Balaban J connectivity index is 2.95. The van der Waals surface area contributed by atoms with E-state index < -0.39 is 0 Å². The highest BCUT2D eigenvalue weighted by Crippen LogP contribution is 2.23. The fourth-order valence-corrected chi connectivity index (χ4v) is 1.16. The Labute approximate surface area is 90.7 Å². The van der Waals surface area contributed by atoms with Crippen molar-refractivity contribution < 1.29 is 0 Å². The molecule has 0 radical (unpaired) electrons. The van der Waals surface area contributed by atoms with Crippen LogP contribution in [0.15, 0.2) is 12.4 Å². The number of aromatic nitrogens is 2. The van der Waals surface area contributed by atoms with Gasteiger partial charge in [-0.15, -0.1) is 0 Å². The van der Waals surface area contributed by atoms with Gasteiger partial charge in [0.15, 0.2) is 0 Å². The summed E-state index contributed by atoms with van der Waals surface area (Å²) >= 11 is 0. The monoisotopic (exact) mass is 209 g/mol. The first-order valence-electron chi connectivity index (χ1n) is 5.03. The van der Waals surface area contributed by atoms with Gasteiger partial charge in [0, 0.05) is 18.7 Å². The predicted molar refractivity (Wildman–Crippen MR) is 62.6 cm³/mol. The molecule has 0 aliphatic heterocycles. The Hall–Kier alpha value is -1.36. The first-order chi connectivity index (χ1) is 7.01. The lowest BCUT2D eigenvalue weighted by molar-refractivity contribution is 0.467. The van der Waals surface area contributed by atoms with Crippen LogP contribution in [-0.4, -0.2) is 22.6 Å². The fraction of sp³-hybridized carbons (Fsp3) is 0.600. The molecule has 84 valence electrons. The molecule has 0 bridgehead atoms. The Morgan fingerprint density at radius 3 is 2.67 bits per heavy atom. The number of hydrogen-bond acceptors (Lipinski definition) is 5. The largest absolute Gasteiger partial charge is 0.354 e. The summed E-state index contributed by atoms with van der Waals surface area (Å²) in [5, 5.41) is 0. The maximum atomic E-state index is 5.30. The highest BCUT2D eigenvalue weighted by molar-refractivity contribution is 5.48. The number of hydrazine groups is 1. The zero-order chi connectivity index (χ0) is 11.5. The van der Waals surface area contributed by atoms with Crippen molar-refractivity contribution in [3.63, 3.8) is 0 Å². The number of nitrogen functional groups attached to an aromatic ring is 1. The molecule has 0 atom stereocenters. The Kier molecular flexibility index (Phi) is 3.47. The Bertz CT molecular complexity index is 323. The minimum atomic E-state index is 0.0697. The maximum absolute atomic E-state index is 5.30. The highest BCUT2D eigenvalue weighted by Gasteiger charge is 2.22. The third-order valence-corrected chi connectivity index (χ3v) is 2.92. The van der Waals surface area contributed by atoms with Crippen LogP contribution in [0.3, 0.4) is 0 Å². The van der Waals surface area contributed by atoms with Crippen LogP contribution in [0.4, 0.5) is 11.6 Å². The van der Waals surface area contributed by atoms with Gasteiger partial charge in [-0.2, -0.15) is 0 Å². The summed E-state index contributed by atoms with van der Waals surface area (Å²) in [6.45, 7) is 6.50. The number of nitrogens with two attached hydrogens (primary N) is 1. The minimum absolute atomic E-state index is 0.0697. The number of hydrogen-bond donors (Lipinski definition) is 2. The van der Waals surface area contributed by atoms with E-state index in [0.29, 0.717) is 5.82 Å². The van der Waals surface area contributed by atoms with Gasteiger partial charge < -0.3 is 10.3 Å². The standard InChI is InChI=1S/C10H19N5/c1-5-10(2,3)15(4)9-6-8(14-11)12-7-13-9/h6-7H,5,11H2,1-4H3,(H,12,13,14). The lowest BCUT2D eigenvalue weighted by Gasteiger charge is -2.35. The van der Waals surface area contributed by atoms with Crippen LogP contribution >= 0.6 is 0 Å². The van der Waals surface area contributed by atoms with E-state index in [1.165, 1.54) is 6.33 Å². The molecule has 1 aromatic rings. The Morgan fingerprint density at radius 1 is 1.47 bits per heavy atom. The van der Waals surface area contributed by atoms with Crippen molar-refractivity contribution in [3.05, 3.63) is 12.4 Å². The van der Waals surface area contributed by atoms with Gasteiger partial charge in [-0.1, -0.05) is 6.92 Å². The van der Waals surface area contributed by atoms with Gasteiger partial charge in [-0.25, -0.2) is 15.8 Å². The molecular weight excluding hydrogens is 190 g/mol. The molecule has 0 saturated heterocycles. The SMILES string of the molecule is CCC(C)(C)N(C)c1cc(NN)ncn1. The van der Waals surface area contributed by atoms with Gasteiger partial charge in [0.1, 0.15) is 18.0 Å². The molecule has 0 spiro atoms. The topological polar surface area (TPSA) is 67.1 Å². The van der Waals surface area contributed by atoms with E-state index in [1.807, 2.05) is 13.1 Å².